The molecule has 0 aliphatic rings. The predicted octanol–water partition coefficient (Wildman–Crippen LogP) is 0.856. The van der Waals surface area contributed by atoms with Crippen molar-refractivity contribution in [1.29, 1.82) is 0 Å². The first kappa shape index (κ1) is 13.1. The molecular formula is C11H13FN2O3. The van der Waals surface area contributed by atoms with Crippen LogP contribution in [-0.2, 0) is 9.53 Å². The molecule has 1 aromatic heterocycles. The van der Waals surface area contributed by atoms with E-state index in [0.717, 1.165) is 0 Å². The van der Waals surface area contributed by atoms with Crippen LogP contribution in [-0.4, -0.2) is 42.5 Å². The van der Waals surface area contributed by atoms with Crippen LogP contribution in [0.15, 0.2) is 18.3 Å². The SMILES string of the molecule is COC(=O)CCN(C)C(=O)c1cccnc1F. The predicted molar refractivity (Wildman–Crippen MR) is 57.8 cm³/mol. The summed E-state index contributed by atoms with van der Waals surface area (Å²) in [7, 11) is 2.75. The standard InChI is InChI=1S/C11H13FN2O3/c1-14(7-5-9(15)17-2)11(16)8-4-3-6-13-10(8)12/h3-4,6H,5,7H2,1-2H3. The maximum Gasteiger partial charge on any atom is 0.307 e. The van der Waals surface area contributed by atoms with Crippen molar-refractivity contribution in [3.63, 3.8) is 0 Å². The first-order valence-corrected chi connectivity index (χ1v) is 4.99. The van der Waals surface area contributed by atoms with Crippen LogP contribution in [0.3, 0.4) is 0 Å². The van der Waals surface area contributed by atoms with E-state index >= 15 is 0 Å². The van der Waals surface area contributed by atoms with E-state index in [1.165, 1.54) is 37.4 Å². The van der Waals surface area contributed by atoms with E-state index in [1.807, 2.05) is 0 Å². The van der Waals surface area contributed by atoms with Gasteiger partial charge in [-0.3, -0.25) is 9.59 Å². The molecule has 92 valence electrons. The Bertz CT molecular complexity index is 423. The second-order valence-corrected chi connectivity index (χ2v) is 3.39. The Balaban J connectivity index is 2.64. The van der Waals surface area contributed by atoms with Crippen LogP contribution in [0.25, 0.3) is 0 Å². The lowest BCUT2D eigenvalue weighted by Gasteiger charge is -2.16. The van der Waals surface area contributed by atoms with Crippen molar-refractivity contribution in [1.82, 2.24) is 9.88 Å². The number of nitrogens with zero attached hydrogens (tertiary/aromatic N) is 2. The maximum absolute atomic E-state index is 13.2. The Hall–Kier alpha value is -1.98. The molecule has 0 bridgehead atoms. The van der Waals surface area contributed by atoms with Crippen LogP contribution in [0.5, 0.6) is 0 Å². The molecular weight excluding hydrogens is 227 g/mol. The highest BCUT2D eigenvalue weighted by atomic mass is 19.1. The van der Waals surface area contributed by atoms with Gasteiger partial charge in [-0.05, 0) is 12.1 Å². The van der Waals surface area contributed by atoms with E-state index in [0.29, 0.717) is 0 Å². The van der Waals surface area contributed by atoms with Crippen LogP contribution in [0.1, 0.15) is 16.8 Å². The van der Waals surface area contributed by atoms with E-state index in [2.05, 4.69) is 9.72 Å². The molecule has 1 amide bonds. The molecule has 17 heavy (non-hydrogen) atoms. The fourth-order valence-electron chi connectivity index (χ4n) is 1.21. The average Bonchev–Trinajstić information content (AvgIpc) is 2.35. The maximum atomic E-state index is 13.2. The van der Waals surface area contributed by atoms with Gasteiger partial charge in [-0.2, -0.15) is 4.39 Å². The molecule has 0 atom stereocenters. The van der Waals surface area contributed by atoms with Crippen LogP contribution in [0, 0.1) is 5.95 Å². The lowest BCUT2D eigenvalue weighted by molar-refractivity contribution is -0.140. The summed E-state index contributed by atoms with van der Waals surface area (Å²) in [6.45, 7) is 0.167. The highest BCUT2D eigenvalue weighted by Gasteiger charge is 2.17. The van der Waals surface area contributed by atoms with Gasteiger partial charge in [0.1, 0.15) is 0 Å². The number of halogens is 1. The number of amides is 1. The molecule has 6 heteroatoms. The normalized spacial score (nSPS) is 9.82. The summed E-state index contributed by atoms with van der Waals surface area (Å²) in [5, 5.41) is 0. The number of esters is 1. The molecule has 0 N–H and O–H groups in total. The van der Waals surface area contributed by atoms with Crippen molar-refractivity contribution >= 4 is 11.9 Å². The van der Waals surface area contributed by atoms with Gasteiger partial charge in [0.2, 0.25) is 5.95 Å². The summed E-state index contributed by atoms with van der Waals surface area (Å²) in [5.41, 5.74) is -0.111. The lowest BCUT2D eigenvalue weighted by atomic mass is 10.2. The molecule has 1 aromatic rings. The molecule has 1 heterocycles. The van der Waals surface area contributed by atoms with Gasteiger partial charge in [0, 0.05) is 19.8 Å². The number of carbonyl (C=O) groups is 2. The molecule has 0 aliphatic heterocycles. The van der Waals surface area contributed by atoms with E-state index in [4.69, 9.17) is 0 Å². The Kier molecular flexibility index (Phi) is 4.56. The molecule has 1 rings (SSSR count). The van der Waals surface area contributed by atoms with E-state index in [1.54, 1.807) is 0 Å². The molecule has 0 saturated carbocycles. The van der Waals surface area contributed by atoms with Gasteiger partial charge >= 0.3 is 5.97 Å². The van der Waals surface area contributed by atoms with Gasteiger partial charge in [-0.1, -0.05) is 0 Å². The zero-order valence-electron chi connectivity index (χ0n) is 9.64. The lowest BCUT2D eigenvalue weighted by Crippen LogP contribution is -2.30. The summed E-state index contributed by atoms with van der Waals surface area (Å²) in [5.74, 6) is -1.75. The number of pyridine rings is 1. The number of hydrogen-bond acceptors (Lipinski definition) is 4. The summed E-state index contributed by atoms with van der Waals surface area (Å²) >= 11 is 0. The summed E-state index contributed by atoms with van der Waals surface area (Å²) in [6.07, 6.45) is 1.33. The number of rotatable bonds is 4. The third-order valence-corrected chi connectivity index (χ3v) is 2.22. The van der Waals surface area contributed by atoms with Gasteiger partial charge in [-0.25, -0.2) is 4.98 Å². The van der Waals surface area contributed by atoms with Gasteiger partial charge < -0.3 is 9.64 Å². The van der Waals surface area contributed by atoms with Crippen molar-refractivity contribution in [2.24, 2.45) is 0 Å². The van der Waals surface area contributed by atoms with Crippen LogP contribution in [0.4, 0.5) is 4.39 Å². The van der Waals surface area contributed by atoms with Gasteiger partial charge in [0.05, 0.1) is 19.1 Å². The Labute approximate surface area is 98.2 Å². The van der Waals surface area contributed by atoms with E-state index < -0.39 is 17.8 Å². The molecule has 0 radical (unpaired) electrons. The Morgan fingerprint density at radius 3 is 2.82 bits per heavy atom. The first-order chi connectivity index (χ1) is 8.06. The monoisotopic (exact) mass is 240 g/mol. The molecule has 0 aromatic carbocycles. The molecule has 0 unspecified atom stereocenters. The van der Waals surface area contributed by atoms with Crippen LogP contribution >= 0.6 is 0 Å². The fourth-order valence-corrected chi connectivity index (χ4v) is 1.21. The van der Waals surface area contributed by atoms with Crippen molar-refractivity contribution in [3.05, 3.63) is 29.8 Å². The smallest absolute Gasteiger partial charge is 0.307 e. The van der Waals surface area contributed by atoms with Gasteiger partial charge in [-0.15, -0.1) is 0 Å². The van der Waals surface area contributed by atoms with Gasteiger partial charge in [0.15, 0.2) is 0 Å². The van der Waals surface area contributed by atoms with Crippen molar-refractivity contribution in [2.45, 2.75) is 6.42 Å². The average molecular weight is 240 g/mol. The zero-order chi connectivity index (χ0) is 12.8. The van der Waals surface area contributed by atoms with Crippen LogP contribution in [0.2, 0.25) is 0 Å². The second kappa shape index (κ2) is 5.93. The van der Waals surface area contributed by atoms with E-state index in [9.17, 15) is 14.0 Å². The number of aromatic nitrogens is 1. The van der Waals surface area contributed by atoms with Crippen LogP contribution < -0.4 is 0 Å². The minimum absolute atomic E-state index is 0.0701. The fraction of sp³-hybridized carbons (Fsp3) is 0.364. The molecule has 5 nitrogen and oxygen atoms in total. The summed E-state index contributed by atoms with van der Waals surface area (Å²) in [6, 6.07) is 2.82. The number of methoxy groups -OCH3 is 1. The number of carbonyl (C=O) groups excluding carboxylic acids is 2. The molecule has 0 fully saturated rings. The second-order valence-electron chi connectivity index (χ2n) is 3.39. The molecule has 0 spiro atoms. The van der Waals surface area contributed by atoms with Crippen molar-refractivity contribution < 1.29 is 18.7 Å². The largest absolute Gasteiger partial charge is 0.469 e. The third-order valence-electron chi connectivity index (χ3n) is 2.22. The third kappa shape index (κ3) is 3.51. The molecule has 0 aliphatic carbocycles. The Morgan fingerprint density at radius 1 is 1.53 bits per heavy atom. The number of ether oxygens (including phenoxy) is 1. The summed E-state index contributed by atoms with van der Waals surface area (Å²) < 4.78 is 17.7. The highest BCUT2D eigenvalue weighted by Crippen LogP contribution is 2.06. The quantitative estimate of drug-likeness (QED) is 0.578. The van der Waals surface area contributed by atoms with E-state index in [-0.39, 0.29) is 18.5 Å². The minimum atomic E-state index is -0.817. The van der Waals surface area contributed by atoms with Crippen molar-refractivity contribution in [3.8, 4) is 0 Å². The highest BCUT2D eigenvalue weighted by molar-refractivity contribution is 5.94. The first-order valence-electron chi connectivity index (χ1n) is 4.99. The van der Waals surface area contributed by atoms with Gasteiger partial charge in [0.25, 0.3) is 5.91 Å². The number of hydrogen-bond donors (Lipinski definition) is 0. The van der Waals surface area contributed by atoms with Crippen molar-refractivity contribution in [2.75, 3.05) is 20.7 Å². The summed E-state index contributed by atoms with van der Waals surface area (Å²) in [4.78, 5) is 27.3. The molecule has 0 saturated heterocycles. The Morgan fingerprint density at radius 2 is 2.24 bits per heavy atom. The minimum Gasteiger partial charge on any atom is -0.469 e. The topological polar surface area (TPSA) is 59.5 Å². The zero-order valence-corrected chi connectivity index (χ0v) is 9.64.